The van der Waals surface area contributed by atoms with Gasteiger partial charge in [-0.2, -0.15) is 4.68 Å². The highest BCUT2D eigenvalue weighted by atomic mass is 79.9. The van der Waals surface area contributed by atoms with Crippen LogP contribution in [-0.2, 0) is 12.2 Å². The summed E-state index contributed by atoms with van der Waals surface area (Å²) < 4.78 is 8.49. The molecule has 0 unspecified atom stereocenters. The third-order valence-electron chi connectivity index (χ3n) is 4.32. The van der Waals surface area contributed by atoms with Gasteiger partial charge in [0.05, 0.1) is 11.4 Å². The summed E-state index contributed by atoms with van der Waals surface area (Å²) in [6, 6.07) is 16.1. The Morgan fingerprint density at radius 1 is 1.00 bits per heavy atom. The van der Waals surface area contributed by atoms with Crippen molar-refractivity contribution in [2.24, 2.45) is 0 Å². The van der Waals surface area contributed by atoms with E-state index in [-0.39, 0.29) is 0 Å². The zero-order valence-electron chi connectivity index (χ0n) is 15.8. The number of aryl methyl sites for hydroxylation is 1. The van der Waals surface area contributed by atoms with Gasteiger partial charge in [-0.15, -0.1) is 15.3 Å². The van der Waals surface area contributed by atoms with Crippen molar-refractivity contribution in [3.8, 4) is 17.1 Å². The standard InChI is InChI=1S/C20H19BrN6OS/c1-2-3-4-14-5-11-17(12-6-14)27-20(24-25-26-27)29-13-18-22-23-19(28-18)15-7-9-16(21)10-8-15/h5-12H,2-4,13H2,1H3. The molecule has 0 saturated carbocycles. The molecule has 2 aromatic carbocycles. The number of rotatable bonds is 8. The summed E-state index contributed by atoms with van der Waals surface area (Å²) in [7, 11) is 0. The van der Waals surface area contributed by atoms with Gasteiger partial charge in [0.15, 0.2) is 0 Å². The normalized spacial score (nSPS) is 11.1. The molecule has 0 N–H and O–H groups in total. The van der Waals surface area contributed by atoms with E-state index >= 15 is 0 Å². The molecule has 0 bridgehead atoms. The molecular weight excluding hydrogens is 452 g/mol. The van der Waals surface area contributed by atoms with Gasteiger partial charge in [0.25, 0.3) is 0 Å². The maximum absolute atomic E-state index is 5.77. The van der Waals surface area contributed by atoms with E-state index < -0.39 is 0 Å². The van der Waals surface area contributed by atoms with Crippen molar-refractivity contribution in [3.63, 3.8) is 0 Å². The molecule has 148 valence electrons. The third kappa shape index (κ3) is 4.91. The van der Waals surface area contributed by atoms with Crippen LogP contribution in [0.1, 0.15) is 31.2 Å². The Kier molecular flexibility index (Phi) is 6.36. The zero-order valence-corrected chi connectivity index (χ0v) is 18.2. The molecule has 4 aromatic rings. The number of tetrazole rings is 1. The molecule has 2 aromatic heterocycles. The second kappa shape index (κ2) is 9.32. The molecule has 0 aliphatic rings. The highest BCUT2D eigenvalue weighted by Gasteiger charge is 2.13. The summed E-state index contributed by atoms with van der Waals surface area (Å²) in [5.74, 6) is 1.51. The van der Waals surface area contributed by atoms with Crippen LogP contribution in [0.25, 0.3) is 17.1 Å². The van der Waals surface area contributed by atoms with Crippen molar-refractivity contribution in [3.05, 3.63) is 64.5 Å². The van der Waals surface area contributed by atoms with Crippen LogP contribution in [0.3, 0.4) is 0 Å². The molecule has 0 amide bonds. The quantitative estimate of drug-likeness (QED) is 0.330. The lowest BCUT2D eigenvalue weighted by molar-refractivity contribution is 0.528. The van der Waals surface area contributed by atoms with Gasteiger partial charge in [-0.05, 0) is 65.2 Å². The minimum Gasteiger partial charge on any atom is -0.420 e. The van der Waals surface area contributed by atoms with E-state index in [1.165, 1.54) is 30.2 Å². The van der Waals surface area contributed by atoms with Crippen molar-refractivity contribution in [1.82, 2.24) is 30.4 Å². The van der Waals surface area contributed by atoms with Crippen LogP contribution in [0.5, 0.6) is 0 Å². The lowest BCUT2D eigenvalue weighted by atomic mass is 10.1. The first-order valence-corrected chi connectivity index (χ1v) is 11.1. The SMILES string of the molecule is CCCCc1ccc(-n2nnnc2SCc2nnc(-c3ccc(Br)cc3)o2)cc1. The molecule has 7 nitrogen and oxygen atoms in total. The minimum absolute atomic E-state index is 0.485. The number of nitrogens with zero attached hydrogens (tertiary/aromatic N) is 6. The summed E-state index contributed by atoms with van der Waals surface area (Å²) in [6.45, 7) is 2.20. The number of thioether (sulfide) groups is 1. The zero-order chi connectivity index (χ0) is 20.1. The molecule has 29 heavy (non-hydrogen) atoms. The number of hydrogen-bond donors (Lipinski definition) is 0. The number of halogens is 1. The summed E-state index contributed by atoms with van der Waals surface area (Å²) in [4.78, 5) is 0. The van der Waals surface area contributed by atoms with Gasteiger partial charge >= 0.3 is 0 Å². The van der Waals surface area contributed by atoms with Crippen molar-refractivity contribution in [1.29, 1.82) is 0 Å². The van der Waals surface area contributed by atoms with E-state index in [2.05, 4.69) is 60.7 Å². The van der Waals surface area contributed by atoms with Crippen molar-refractivity contribution >= 4 is 27.7 Å². The predicted molar refractivity (Wildman–Crippen MR) is 115 cm³/mol. The fourth-order valence-corrected chi connectivity index (χ4v) is 3.76. The van der Waals surface area contributed by atoms with E-state index in [1.54, 1.807) is 4.68 Å². The van der Waals surface area contributed by atoms with Crippen LogP contribution < -0.4 is 0 Å². The van der Waals surface area contributed by atoms with Crippen LogP contribution in [0.4, 0.5) is 0 Å². The van der Waals surface area contributed by atoms with Crippen LogP contribution in [0.2, 0.25) is 0 Å². The smallest absolute Gasteiger partial charge is 0.247 e. The van der Waals surface area contributed by atoms with Crippen LogP contribution in [0.15, 0.2) is 62.6 Å². The highest BCUT2D eigenvalue weighted by molar-refractivity contribution is 9.10. The fraction of sp³-hybridized carbons (Fsp3) is 0.250. The average Bonchev–Trinajstić information content (AvgIpc) is 3.41. The Balaban J connectivity index is 1.43. The van der Waals surface area contributed by atoms with Gasteiger partial charge < -0.3 is 4.42 Å². The van der Waals surface area contributed by atoms with Crippen molar-refractivity contribution in [2.45, 2.75) is 37.1 Å². The topological polar surface area (TPSA) is 82.5 Å². The maximum Gasteiger partial charge on any atom is 0.247 e. The maximum atomic E-state index is 5.77. The largest absolute Gasteiger partial charge is 0.420 e. The second-order valence-corrected chi connectivity index (χ2v) is 8.30. The van der Waals surface area contributed by atoms with Gasteiger partial charge in [-0.1, -0.05) is 53.2 Å². The molecule has 0 aliphatic carbocycles. The number of unbranched alkanes of at least 4 members (excludes halogenated alkanes) is 1. The fourth-order valence-electron chi connectivity index (χ4n) is 2.76. The predicted octanol–water partition coefficient (Wildman–Crippen LogP) is 5.11. The number of aromatic nitrogens is 6. The summed E-state index contributed by atoms with van der Waals surface area (Å²) in [5.41, 5.74) is 3.13. The molecule has 0 fully saturated rings. The van der Waals surface area contributed by atoms with E-state index in [9.17, 15) is 0 Å². The van der Waals surface area contributed by atoms with E-state index in [4.69, 9.17) is 4.42 Å². The molecular formula is C20H19BrN6OS. The van der Waals surface area contributed by atoms with E-state index in [0.717, 1.165) is 22.1 Å². The van der Waals surface area contributed by atoms with Crippen LogP contribution in [-0.4, -0.2) is 30.4 Å². The Morgan fingerprint density at radius 3 is 2.55 bits per heavy atom. The van der Waals surface area contributed by atoms with Crippen molar-refractivity contribution < 1.29 is 4.42 Å². The molecule has 2 heterocycles. The van der Waals surface area contributed by atoms with Crippen LogP contribution in [0, 0.1) is 0 Å². The lowest BCUT2D eigenvalue weighted by Crippen LogP contribution is -1.99. The summed E-state index contributed by atoms with van der Waals surface area (Å²) in [5, 5.41) is 21.0. The van der Waals surface area contributed by atoms with E-state index in [1.807, 2.05) is 36.4 Å². The van der Waals surface area contributed by atoms with Crippen molar-refractivity contribution in [2.75, 3.05) is 0 Å². The Labute approximate surface area is 181 Å². The molecule has 0 spiro atoms. The highest BCUT2D eigenvalue weighted by Crippen LogP contribution is 2.25. The number of hydrogen-bond acceptors (Lipinski definition) is 7. The molecule has 4 rings (SSSR count). The monoisotopic (exact) mass is 470 g/mol. The van der Waals surface area contributed by atoms with Gasteiger partial charge in [-0.3, -0.25) is 0 Å². The Bertz CT molecular complexity index is 1060. The molecule has 9 heteroatoms. The van der Waals surface area contributed by atoms with Gasteiger partial charge in [-0.25, -0.2) is 0 Å². The van der Waals surface area contributed by atoms with Gasteiger partial charge in [0.1, 0.15) is 0 Å². The molecule has 0 saturated heterocycles. The van der Waals surface area contributed by atoms with Gasteiger partial charge in [0.2, 0.25) is 16.9 Å². The summed E-state index contributed by atoms with van der Waals surface area (Å²) in [6.07, 6.45) is 3.47. The Morgan fingerprint density at radius 2 is 1.79 bits per heavy atom. The molecule has 0 atom stereocenters. The molecule has 0 radical (unpaired) electrons. The van der Waals surface area contributed by atoms with Crippen LogP contribution >= 0.6 is 27.7 Å². The third-order valence-corrected chi connectivity index (χ3v) is 5.76. The first-order valence-electron chi connectivity index (χ1n) is 9.32. The average molecular weight is 471 g/mol. The Hall–Kier alpha value is -2.52. The lowest BCUT2D eigenvalue weighted by Gasteiger charge is -2.05. The molecule has 0 aliphatic heterocycles. The first kappa shape index (κ1) is 19.8. The number of benzene rings is 2. The van der Waals surface area contributed by atoms with Gasteiger partial charge in [0, 0.05) is 10.0 Å². The van der Waals surface area contributed by atoms with E-state index in [0.29, 0.717) is 22.7 Å². The minimum atomic E-state index is 0.485. The first-order chi connectivity index (χ1) is 14.2. The summed E-state index contributed by atoms with van der Waals surface area (Å²) >= 11 is 4.87. The second-order valence-electron chi connectivity index (χ2n) is 6.44.